The minimum absolute atomic E-state index is 0.265. The third kappa shape index (κ3) is 4.71. The van der Waals surface area contributed by atoms with Gasteiger partial charge in [-0.1, -0.05) is 46.3 Å². The lowest BCUT2D eigenvalue weighted by atomic mass is 10.1. The number of ether oxygens (including phenoxy) is 2. The van der Waals surface area contributed by atoms with E-state index in [-0.39, 0.29) is 11.7 Å². The molecular formula is C17H24BrNO3. The smallest absolute Gasteiger partial charge is 0.410 e. The van der Waals surface area contributed by atoms with Crippen molar-refractivity contribution in [2.45, 2.75) is 45.0 Å². The number of carbonyl (C=O) groups is 1. The lowest BCUT2D eigenvalue weighted by Crippen LogP contribution is -2.41. The third-order valence-corrected chi connectivity index (χ3v) is 4.62. The summed E-state index contributed by atoms with van der Waals surface area (Å²) in [5.74, 6) is 0. The van der Waals surface area contributed by atoms with Crippen LogP contribution in [0.1, 0.15) is 32.8 Å². The number of benzene rings is 1. The topological polar surface area (TPSA) is 38.8 Å². The number of carbonyl (C=O) groups excluding carboxylic acids is 1. The van der Waals surface area contributed by atoms with E-state index in [2.05, 4.69) is 15.9 Å². The molecular weight excluding hydrogens is 346 g/mol. The van der Waals surface area contributed by atoms with E-state index in [9.17, 15) is 4.79 Å². The van der Waals surface area contributed by atoms with Crippen LogP contribution in [0.25, 0.3) is 0 Å². The molecule has 1 amide bonds. The van der Waals surface area contributed by atoms with Crippen molar-refractivity contribution in [1.29, 1.82) is 0 Å². The first-order valence-electron chi connectivity index (χ1n) is 7.55. The number of likely N-dealkylation sites (tertiary alicyclic amines) is 1. The first-order valence-corrected chi connectivity index (χ1v) is 8.67. The lowest BCUT2D eigenvalue weighted by molar-refractivity contribution is -0.0332. The molecule has 22 heavy (non-hydrogen) atoms. The minimum Gasteiger partial charge on any atom is -0.444 e. The van der Waals surface area contributed by atoms with Crippen molar-refractivity contribution in [3.05, 3.63) is 35.9 Å². The van der Waals surface area contributed by atoms with Gasteiger partial charge < -0.3 is 14.4 Å². The van der Waals surface area contributed by atoms with Gasteiger partial charge in [-0.3, -0.25) is 0 Å². The fraction of sp³-hybridized carbons (Fsp3) is 0.588. The molecule has 1 heterocycles. The van der Waals surface area contributed by atoms with Gasteiger partial charge in [-0.25, -0.2) is 4.79 Å². The van der Waals surface area contributed by atoms with Crippen LogP contribution in [-0.2, 0) is 16.1 Å². The molecule has 0 aliphatic carbocycles. The van der Waals surface area contributed by atoms with Gasteiger partial charge in [0.25, 0.3) is 0 Å². The molecule has 5 heteroatoms. The number of amides is 1. The van der Waals surface area contributed by atoms with Gasteiger partial charge in [0.1, 0.15) is 5.60 Å². The zero-order chi connectivity index (χ0) is 16.2. The largest absolute Gasteiger partial charge is 0.444 e. The molecule has 122 valence electrons. The number of alkyl halides is 1. The van der Waals surface area contributed by atoms with E-state index in [1.165, 1.54) is 0 Å². The summed E-state index contributed by atoms with van der Waals surface area (Å²) >= 11 is 3.54. The second kappa shape index (κ2) is 7.01. The Labute approximate surface area is 140 Å². The fourth-order valence-corrected chi connectivity index (χ4v) is 3.02. The highest BCUT2D eigenvalue weighted by Crippen LogP contribution is 2.29. The Morgan fingerprint density at radius 2 is 2.00 bits per heavy atom. The third-order valence-electron chi connectivity index (χ3n) is 3.60. The fourth-order valence-electron chi connectivity index (χ4n) is 2.40. The molecule has 1 atom stereocenters. The van der Waals surface area contributed by atoms with Crippen molar-refractivity contribution in [3.63, 3.8) is 0 Å². The predicted molar refractivity (Wildman–Crippen MR) is 90.2 cm³/mol. The Hall–Kier alpha value is -1.07. The maximum absolute atomic E-state index is 12.2. The predicted octanol–water partition coefficient (Wildman–Crippen LogP) is 3.98. The highest BCUT2D eigenvalue weighted by Gasteiger charge is 2.41. The number of halogens is 1. The Morgan fingerprint density at radius 1 is 1.32 bits per heavy atom. The molecule has 1 aromatic carbocycles. The molecule has 0 saturated carbocycles. The first kappa shape index (κ1) is 17.3. The molecule has 0 spiro atoms. The van der Waals surface area contributed by atoms with E-state index in [0.717, 1.165) is 12.0 Å². The van der Waals surface area contributed by atoms with Crippen LogP contribution < -0.4 is 0 Å². The highest BCUT2D eigenvalue weighted by atomic mass is 79.9. The van der Waals surface area contributed by atoms with E-state index < -0.39 is 5.60 Å². The van der Waals surface area contributed by atoms with E-state index in [0.29, 0.717) is 25.0 Å². The highest BCUT2D eigenvalue weighted by molar-refractivity contribution is 9.09. The minimum atomic E-state index is -0.471. The quantitative estimate of drug-likeness (QED) is 0.753. The van der Waals surface area contributed by atoms with Crippen LogP contribution in [0.2, 0.25) is 0 Å². The van der Waals surface area contributed by atoms with Gasteiger partial charge >= 0.3 is 6.09 Å². The van der Waals surface area contributed by atoms with E-state index >= 15 is 0 Å². The molecule has 1 aliphatic rings. The van der Waals surface area contributed by atoms with Gasteiger partial charge in [-0.05, 0) is 32.8 Å². The second-order valence-electron chi connectivity index (χ2n) is 6.74. The van der Waals surface area contributed by atoms with Gasteiger partial charge in [0.2, 0.25) is 0 Å². The van der Waals surface area contributed by atoms with Crippen molar-refractivity contribution >= 4 is 22.0 Å². The number of hydrogen-bond donors (Lipinski definition) is 0. The molecule has 1 aliphatic heterocycles. The Bertz CT molecular complexity index is 500. The number of hydrogen-bond acceptors (Lipinski definition) is 3. The summed E-state index contributed by atoms with van der Waals surface area (Å²) in [6.07, 6.45) is 0.545. The molecule has 0 radical (unpaired) electrons. The summed E-state index contributed by atoms with van der Waals surface area (Å²) in [5, 5.41) is 0.701. The molecule has 1 fully saturated rings. The van der Waals surface area contributed by atoms with Crippen molar-refractivity contribution < 1.29 is 14.3 Å². The van der Waals surface area contributed by atoms with Crippen LogP contribution in [0.15, 0.2) is 30.3 Å². The zero-order valence-corrected chi connectivity index (χ0v) is 15.1. The van der Waals surface area contributed by atoms with Gasteiger partial charge in [0.15, 0.2) is 0 Å². The second-order valence-corrected chi connectivity index (χ2v) is 7.30. The van der Waals surface area contributed by atoms with Crippen LogP contribution in [0.3, 0.4) is 0 Å². The van der Waals surface area contributed by atoms with Crippen LogP contribution in [0, 0.1) is 0 Å². The Balaban J connectivity index is 1.93. The van der Waals surface area contributed by atoms with Crippen LogP contribution in [0.5, 0.6) is 0 Å². The molecule has 1 aromatic rings. The van der Waals surface area contributed by atoms with Crippen LogP contribution >= 0.6 is 15.9 Å². The van der Waals surface area contributed by atoms with Crippen LogP contribution in [0.4, 0.5) is 4.79 Å². The van der Waals surface area contributed by atoms with Crippen molar-refractivity contribution in [2.24, 2.45) is 0 Å². The molecule has 0 aromatic heterocycles. The zero-order valence-electron chi connectivity index (χ0n) is 13.5. The number of nitrogens with zero attached hydrogens (tertiary/aromatic N) is 1. The summed E-state index contributed by atoms with van der Waals surface area (Å²) in [5.41, 5.74) is 0.326. The number of rotatable bonds is 4. The van der Waals surface area contributed by atoms with Crippen molar-refractivity contribution in [3.8, 4) is 0 Å². The average molecular weight is 370 g/mol. The molecule has 1 saturated heterocycles. The molecule has 0 bridgehead atoms. The molecule has 2 rings (SSSR count). The van der Waals surface area contributed by atoms with Crippen molar-refractivity contribution in [1.82, 2.24) is 4.90 Å². The maximum atomic E-state index is 12.2. The van der Waals surface area contributed by atoms with Gasteiger partial charge in [-0.15, -0.1) is 0 Å². The van der Waals surface area contributed by atoms with Crippen molar-refractivity contribution in [2.75, 3.05) is 18.4 Å². The SMILES string of the molecule is CC(C)(C)OC(=O)N1CCC(CBr)(OCc2ccccc2)C1. The normalized spacial score (nSPS) is 21.9. The maximum Gasteiger partial charge on any atom is 0.410 e. The Kier molecular flexibility index (Phi) is 5.50. The van der Waals surface area contributed by atoms with E-state index in [4.69, 9.17) is 9.47 Å². The molecule has 0 N–H and O–H groups in total. The summed E-state index contributed by atoms with van der Waals surface area (Å²) in [6, 6.07) is 10.1. The van der Waals surface area contributed by atoms with E-state index in [1.807, 2.05) is 51.1 Å². The average Bonchev–Trinajstić information content (AvgIpc) is 2.90. The summed E-state index contributed by atoms with van der Waals surface area (Å²) < 4.78 is 11.6. The van der Waals surface area contributed by atoms with Gasteiger partial charge in [-0.2, -0.15) is 0 Å². The Morgan fingerprint density at radius 3 is 2.59 bits per heavy atom. The van der Waals surface area contributed by atoms with Crippen LogP contribution in [-0.4, -0.2) is 40.6 Å². The molecule has 4 nitrogen and oxygen atoms in total. The van der Waals surface area contributed by atoms with Gasteiger partial charge in [0, 0.05) is 11.9 Å². The monoisotopic (exact) mass is 369 g/mol. The lowest BCUT2D eigenvalue weighted by Gasteiger charge is -2.29. The summed E-state index contributed by atoms with van der Waals surface area (Å²) in [4.78, 5) is 13.9. The summed E-state index contributed by atoms with van der Waals surface area (Å²) in [7, 11) is 0. The summed E-state index contributed by atoms with van der Waals surface area (Å²) in [6.45, 7) is 7.41. The van der Waals surface area contributed by atoms with Gasteiger partial charge in [0.05, 0.1) is 18.8 Å². The molecule has 1 unspecified atom stereocenters. The van der Waals surface area contributed by atoms with E-state index in [1.54, 1.807) is 4.90 Å². The first-order chi connectivity index (χ1) is 10.3. The standard InChI is InChI=1S/C17H24BrNO3/c1-16(2,3)22-15(20)19-10-9-17(12-18,13-19)21-11-14-7-5-4-6-8-14/h4-8H,9-13H2,1-3H3.